The fourth-order valence-electron chi connectivity index (χ4n) is 4.04. The van der Waals surface area contributed by atoms with Crippen molar-refractivity contribution in [2.45, 2.75) is 39.2 Å². The Labute approximate surface area is 221 Å². The van der Waals surface area contributed by atoms with E-state index in [1.54, 1.807) is 19.2 Å². The van der Waals surface area contributed by atoms with Gasteiger partial charge in [-0.05, 0) is 48.7 Å². The molecule has 0 spiro atoms. The molecule has 0 unspecified atom stereocenters. The van der Waals surface area contributed by atoms with Crippen molar-refractivity contribution in [3.63, 3.8) is 0 Å². The van der Waals surface area contributed by atoms with E-state index in [0.717, 1.165) is 22.3 Å². The topological polar surface area (TPSA) is 111 Å². The fraction of sp³-hybridized carbons (Fsp3) is 0.300. The number of rotatable bonds is 13. The van der Waals surface area contributed by atoms with E-state index in [2.05, 4.69) is 24.1 Å². The van der Waals surface area contributed by atoms with Crippen LogP contribution >= 0.6 is 0 Å². The number of aliphatic carboxylic acids is 1. The lowest BCUT2D eigenvalue weighted by atomic mass is 10.0. The molecule has 0 aliphatic carbocycles. The number of ether oxygens (including phenoxy) is 2. The van der Waals surface area contributed by atoms with Gasteiger partial charge in [0.15, 0.2) is 5.78 Å². The number of nitrogens with one attached hydrogen (secondary N) is 1. The standard InChI is InChI=1S/C30H32N2O6/c1-19(2)24(32-29-14-11-21(17-31-29)25(33)8-6-10-30(34)35)18-37-22-12-13-23(27(16-22)36-3)28-15-20-7-4-5-9-26(20)38-28/h4-5,7,9,11-17,19,24H,6,8,10,18H2,1-3H3,(H,31,32)(H,34,35)/t24-/m1/s1. The van der Waals surface area contributed by atoms with Crippen molar-refractivity contribution < 1.29 is 28.6 Å². The van der Waals surface area contributed by atoms with Gasteiger partial charge in [-0.2, -0.15) is 0 Å². The van der Waals surface area contributed by atoms with Crippen molar-refractivity contribution in [2.24, 2.45) is 5.92 Å². The number of anilines is 1. The summed E-state index contributed by atoms with van der Waals surface area (Å²) in [7, 11) is 1.62. The average molecular weight is 517 g/mol. The van der Waals surface area contributed by atoms with Gasteiger partial charge in [0, 0.05) is 36.1 Å². The van der Waals surface area contributed by atoms with Crippen LogP contribution in [0.5, 0.6) is 11.5 Å². The first-order chi connectivity index (χ1) is 18.3. The summed E-state index contributed by atoms with van der Waals surface area (Å²) in [6.45, 7) is 4.57. The Bertz CT molecular complexity index is 1360. The van der Waals surface area contributed by atoms with Crippen molar-refractivity contribution in [3.05, 3.63) is 72.4 Å². The first-order valence-electron chi connectivity index (χ1n) is 12.6. The first kappa shape index (κ1) is 26.7. The molecule has 0 aliphatic rings. The molecule has 1 atom stereocenters. The lowest BCUT2D eigenvalue weighted by Gasteiger charge is -2.23. The van der Waals surface area contributed by atoms with Crippen molar-refractivity contribution in [3.8, 4) is 22.8 Å². The van der Waals surface area contributed by atoms with Gasteiger partial charge in [0.2, 0.25) is 0 Å². The summed E-state index contributed by atoms with van der Waals surface area (Å²) in [5.74, 6) is 1.90. The zero-order valence-electron chi connectivity index (χ0n) is 21.8. The molecule has 0 saturated heterocycles. The number of hydrogen-bond donors (Lipinski definition) is 2. The highest BCUT2D eigenvalue weighted by atomic mass is 16.5. The molecular formula is C30H32N2O6. The van der Waals surface area contributed by atoms with Crippen LogP contribution in [0.4, 0.5) is 5.82 Å². The number of carbonyl (C=O) groups is 2. The Hall–Kier alpha value is -4.33. The summed E-state index contributed by atoms with van der Waals surface area (Å²) in [5, 5.41) is 13.1. The molecule has 2 aromatic carbocycles. The van der Waals surface area contributed by atoms with Crippen LogP contribution in [-0.2, 0) is 4.79 Å². The Morgan fingerprint density at radius 3 is 2.55 bits per heavy atom. The molecule has 2 heterocycles. The molecule has 2 aromatic heterocycles. The van der Waals surface area contributed by atoms with Gasteiger partial charge in [0.05, 0.1) is 18.7 Å². The minimum Gasteiger partial charge on any atom is -0.496 e. The summed E-state index contributed by atoms with van der Waals surface area (Å²) in [6, 6.07) is 18.9. The quantitative estimate of drug-likeness (QED) is 0.195. The maximum absolute atomic E-state index is 12.3. The Balaban J connectivity index is 1.39. The predicted octanol–water partition coefficient (Wildman–Crippen LogP) is 6.46. The largest absolute Gasteiger partial charge is 0.496 e. The molecule has 38 heavy (non-hydrogen) atoms. The van der Waals surface area contributed by atoms with Crippen molar-refractivity contribution in [1.29, 1.82) is 0 Å². The number of furan rings is 1. The van der Waals surface area contributed by atoms with Crippen LogP contribution in [0.1, 0.15) is 43.5 Å². The lowest BCUT2D eigenvalue weighted by molar-refractivity contribution is -0.137. The number of pyridine rings is 1. The van der Waals surface area contributed by atoms with Crippen LogP contribution in [0.15, 0.2) is 71.3 Å². The van der Waals surface area contributed by atoms with Crippen molar-refractivity contribution in [1.82, 2.24) is 4.98 Å². The van der Waals surface area contributed by atoms with Crippen molar-refractivity contribution >= 4 is 28.5 Å². The summed E-state index contributed by atoms with van der Waals surface area (Å²) in [6.07, 6.45) is 1.99. The number of carbonyl (C=O) groups excluding carboxylic acids is 1. The summed E-state index contributed by atoms with van der Waals surface area (Å²) in [4.78, 5) is 27.3. The fourth-order valence-corrected chi connectivity index (χ4v) is 4.04. The van der Waals surface area contributed by atoms with E-state index in [-0.39, 0.29) is 30.6 Å². The molecule has 8 heteroatoms. The van der Waals surface area contributed by atoms with Gasteiger partial charge in [0.1, 0.15) is 35.3 Å². The number of para-hydroxylation sites is 1. The number of carboxylic acid groups (broad SMARTS) is 1. The van der Waals surface area contributed by atoms with E-state index in [9.17, 15) is 9.59 Å². The molecule has 0 fully saturated rings. The number of carboxylic acids is 1. The zero-order chi connectivity index (χ0) is 27.1. The number of aromatic nitrogens is 1. The molecule has 0 bridgehead atoms. The molecule has 198 valence electrons. The second-order valence-corrected chi connectivity index (χ2v) is 9.42. The first-order valence-corrected chi connectivity index (χ1v) is 12.6. The number of methoxy groups -OCH3 is 1. The summed E-state index contributed by atoms with van der Waals surface area (Å²) in [5.41, 5.74) is 2.13. The summed E-state index contributed by atoms with van der Waals surface area (Å²) < 4.78 is 17.7. The van der Waals surface area contributed by atoms with Crippen LogP contribution in [0, 0.1) is 5.92 Å². The molecule has 0 saturated carbocycles. The molecule has 0 amide bonds. The van der Waals surface area contributed by atoms with E-state index >= 15 is 0 Å². The molecule has 8 nitrogen and oxygen atoms in total. The third-order valence-corrected chi connectivity index (χ3v) is 6.31. The second-order valence-electron chi connectivity index (χ2n) is 9.42. The molecule has 4 aromatic rings. The monoisotopic (exact) mass is 516 g/mol. The van der Waals surface area contributed by atoms with Crippen LogP contribution in [0.2, 0.25) is 0 Å². The maximum Gasteiger partial charge on any atom is 0.303 e. The number of ketones is 1. The van der Waals surface area contributed by atoms with Gasteiger partial charge in [-0.1, -0.05) is 32.0 Å². The van der Waals surface area contributed by atoms with Crippen LogP contribution in [0.3, 0.4) is 0 Å². The van der Waals surface area contributed by atoms with Crippen LogP contribution in [0.25, 0.3) is 22.3 Å². The third-order valence-electron chi connectivity index (χ3n) is 6.31. The normalized spacial score (nSPS) is 11.9. The lowest BCUT2D eigenvalue weighted by Crippen LogP contribution is -2.32. The van der Waals surface area contributed by atoms with Crippen LogP contribution in [-0.4, -0.2) is 41.6 Å². The molecule has 0 radical (unpaired) electrons. The Morgan fingerprint density at radius 2 is 1.87 bits per heavy atom. The minimum absolute atomic E-state index is 0.0244. The third kappa shape index (κ3) is 6.70. The number of fused-ring (bicyclic) bond motifs is 1. The highest BCUT2D eigenvalue weighted by molar-refractivity contribution is 5.96. The van der Waals surface area contributed by atoms with Gasteiger partial charge in [-0.25, -0.2) is 4.98 Å². The smallest absolute Gasteiger partial charge is 0.303 e. The highest BCUT2D eigenvalue weighted by Gasteiger charge is 2.17. The molecule has 2 N–H and O–H groups in total. The maximum atomic E-state index is 12.3. The predicted molar refractivity (Wildman–Crippen MR) is 146 cm³/mol. The van der Waals surface area contributed by atoms with Gasteiger partial charge in [0.25, 0.3) is 0 Å². The Morgan fingerprint density at radius 1 is 1.05 bits per heavy atom. The summed E-state index contributed by atoms with van der Waals surface area (Å²) >= 11 is 0. The molecular weight excluding hydrogens is 484 g/mol. The van der Waals surface area contributed by atoms with E-state index in [1.165, 1.54) is 6.20 Å². The van der Waals surface area contributed by atoms with Gasteiger partial charge >= 0.3 is 5.97 Å². The van der Waals surface area contributed by atoms with E-state index in [4.69, 9.17) is 19.0 Å². The average Bonchev–Trinajstić information content (AvgIpc) is 3.35. The van der Waals surface area contributed by atoms with Crippen LogP contribution < -0.4 is 14.8 Å². The second kappa shape index (κ2) is 12.3. The molecule has 4 rings (SSSR count). The highest BCUT2D eigenvalue weighted by Crippen LogP contribution is 2.36. The van der Waals surface area contributed by atoms with Gasteiger partial charge < -0.3 is 24.3 Å². The van der Waals surface area contributed by atoms with Gasteiger partial charge in [-0.15, -0.1) is 0 Å². The van der Waals surface area contributed by atoms with E-state index in [0.29, 0.717) is 35.9 Å². The number of Topliss-reactive ketones (excluding diaryl/α,β-unsaturated/α-hetero) is 1. The molecule has 0 aliphatic heterocycles. The van der Waals surface area contributed by atoms with Crippen molar-refractivity contribution in [2.75, 3.05) is 19.0 Å². The van der Waals surface area contributed by atoms with Gasteiger partial charge in [-0.3, -0.25) is 9.59 Å². The Kier molecular flexibility index (Phi) is 8.63. The number of hydrogen-bond acceptors (Lipinski definition) is 7. The van der Waals surface area contributed by atoms with E-state index < -0.39 is 5.97 Å². The number of benzene rings is 2. The zero-order valence-corrected chi connectivity index (χ0v) is 21.8. The van der Waals surface area contributed by atoms with E-state index in [1.807, 2.05) is 48.5 Å². The number of nitrogens with zero attached hydrogens (tertiary/aromatic N) is 1. The minimum atomic E-state index is -0.905. The SMILES string of the molecule is COc1cc(OC[C@@H](Nc2ccc(C(=O)CCCC(=O)O)cn2)C(C)C)ccc1-c1cc2ccccc2o1.